The molecule has 2 atom stereocenters. The van der Waals surface area contributed by atoms with Gasteiger partial charge in [0.2, 0.25) is 11.8 Å². The zero-order valence-electron chi connectivity index (χ0n) is 14.5. The SMILES string of the molecule is CN1C(=O)C2CN(C(=O)C3CCCCC3)CC2(c2cccs2)N=C1N. The molecule has 1 aromatic rings. The van der Waals surface area contributed by atoms with Crippen LogP contribution >= 0.6 is 11.3 Å². The molecule has 3 aliphatic rings. The number of thiophene rings is 1. The van der Waals surface area contributed by atoms with E-state index < -0.39 is 5.54 Å². The second kappa shape index (κ2) is 6.12. The van der Waals surface area contributed by atoms with E-state index in [2.05, 4.69) is 0 Å². The summed E-state index contributed by atoms with van der Waals surface area (Å²) in [6, 6.07) is 3.97. The van der Waals surface area contributed by atoms with Crippen molar-refractivity contribution in [3.05, 3.63) is 22.4 Å². The highest BCUT2D eigenvalue weighted by Crippen LogP contribution is 2.46. The summed E-state index contributed by atoms with van der Waals surface area (Å²) in [5.74, 6) is 0.134. The molecule has 1 aromatic heterocycles. The average Bonchev–Trinajstić information content (AvgIpc) is 3.28. The first-order valence-corrected chi connectivity index (χ1v) is 9.86. The predicted octanol–water partition coefficient (Wildman–Crippen LogP) is 1.77. The molecule has 1 saturated carbocycles. The highest BCUT2D eigenvalue weighted by molar-refractivity contribution is 7.10. The Morgan fingerprint density at radius 3 is 2.80 bits per heavy atom. The van der Waals surface area contributed by atoms with E-state index in [1.807, 2.05) is 22.4 Å². The molecule has 7 heteroatoms. The largest absolute Gasteiger partial charge is 0.369 e. The van der Waals surface area contributed by atoms with Crippen LogP contribution in [0.15, 0.2) is 22.5 Å². The summed E-state index contributed by atoms with van der Waals surface area (Å²) in [6.07, 6.45) is 5.39. The van der Waals surface area contributed by atoms with Crippen molar-refractivity contribution in [3.63, 3.8) is 0 Å². The number of hydrogen-bond donors (Lipinski definition) is 1. The Balaban J connectivity index is 1.69. The molecule has 2 N–H and O–H groups in total. The molecule has 2 aliphatic heterocycles. The van der Waals surface area contributed by atoms with Gasteiger partial charge in [-0.25, -0.2) is 4.99 Å². The fraction of sp³-hybridized carbons (Fsp3) is 0.611. The first-order chi connectivity index (χ1) is 12.0. The molecule has 4 rings (SSSR count). The van der Waals surface area contributed by atoms with Gasteiger partial charge in [-0.3, -0.25) is 14.5 Å². The normalized spacial score (nSPS) is 30.4. The van der Waals surface area contributed by atoms with E-state index in [1.54, 1.807) is 18.4 Å². The molecule has 2 fully saturated rings. The van der Waals surface area contributed by atoms with Crippen LogP contribution in [0.5, 0.6) is 0 Å². The van der Waals surface area contributed by atoms with Crippen molar-refractivity contribution in [2.24, 2.45) is 22.6 Å². The van der Waals surface area contributed by atoms with Crippen molar-refractivity contribution in [3.8, 4) is 0 Å². The van der Waals surface area contributed by atoms with E-state index in [0.29, 0.717) is 13.1 Å². The second-order valence-corrected chi connectivity index (χ2v) is 8.32. The maximum atomic E-state index is 13.0. The lowest BCUT2D eigenvalue weighted by molar-refractivity contribution is -0.136. The Bertz CT molecular complexity index is 711. The Morgan fingerprint density at radius 1 is 1.36 bits per heavy atom. The minimum absolute atomic E-state index is 0.0418. The summed E-state index contributed by atoms with van der Waals surface area (Å²) in [5.41, 5.74) is 5.32. The summed E-state index contributed by atoms with van der Waals surface area (Å²) < 4.78 is 0. The van der Waals surface area contributed by atoms with Crippen molar-refractivity contribution in [1.82, 2.24) is 9.80 Å². The maximum absolute atomic E-state index is 13.0. The number of amides is 2. The van der Waals surface area contributed by atoms with Crippen molar-refractivity contribution in [2.45, 2.75) is 37.6 Å². The quantitative estimate of drug-likeness (QED) is 0.873. The van der Waals surface area contributed by atoms with Gasteiger partial charge in [-0.15, -0.1) is 11.3 Å². The lowest BCUT2D eigenvalue weighted by Gasteiger charge is -2.36. The molecule has 0 radical (unpaired) electrons. The molecule has 3 heterocycles. The third-order valence-electron chi connectivity index (χ3n) is 5.91. The number of guanidine groups is 1. The summed E-state index contributed by atoms with van der Waals surface area (Å²) in [6.45, 7) is 0.890. The van der Waals surface area contributed by atoms with Crippen molar-refractivity contribution in [1.29, 1.82) is 0 Å². The van der Waals surface area contributed by atoms with Crippen LogP contribution in [0.1, 0.15) is 37.0 Å². The topological polar surface area (TPSA) is 79.0 Å². The molecule has 2 unspecified atom stereocenters. The van der Waals surface area contributed by atoms with Gasteiger partial charge in [0.1, 0.15) is 5.54 Å². The Morgan fingerprint density at radius 2 is 2.12 bits per heavy atom. The fourth-order valence-electron chi connectivity index (χ4n) is 4.46. The van der Waals surface area contributed by atoms with Crippen LogP contribution in [0, 0.1) is 11.8 Å². The van der Waals surface area contributed by atoms with Gasteiger partial charge in [0, 0.05) is 24.4 Å². The second-order valence-electron chi connectivity index (χ2n) is 7.38. The fourth-order valence-corrected chi connectivity index (χ4v) is 5.38. The number of carbonyl (C=O) groups is 2. The number of likely N-dealkylation sites (tertiary alicyclic amines) is 1. The van der Waals surface area contributed by atoms with Crippen LogP contribution < -0.4 is 5.73 Å². The van der Waals surface area contributed by atoms with E-state index >= 15 is 0 Å². The lowest BCUT2D eigenvalue weighted by Crippen LogP contribution is -2.54. The summed E-state index contributed by atoms with van der Waals surface area (Å²) in [7, 11) is 1.66. The minimum Gasteiger partial charge on any atom is -0.369 e. The molecular weight excluding hydrogens is 336 g/mol. The number of carbonyl (C=O) groups excluding carboxylic acids is 2. The third-order valence-corrected chi connectivity index (χ3v) is 6.95. The van der Waals surface area contributed by atoms with Gasteiger partial charge in [0.25, 0.3) is 0 Å². The maximum Gasteiger partial charge on any atom is 0.236 e. The van der Waals surface area contributed by atoms with Gasteiger partial charge in [-0.2, -0.15) is 0 Å². The average molecular weight is 360 g/mol. The molecule has 2 amide bonds. The third kappa shape index (κ3) is 2.56. The zero-order chi connectivity index (χ0) is 17.6. The number of aliphatic imine (C=N–C) groups is 1. The summed E-state index contributed by atoms with van der Waals surface area (Å²) >= 11 is 1.58. The molecule has 0 aromatic carbocycles. The van der Waals surface area contributed by atoms with Crippen LogP contribution in [-0.2, 0) is 15.1 Å². The van der Waals surface area contributed by atoms with E-state index in [-0.39, 0.29) is 29.6 Å². The number of hydrogen-bond acceptors (Lipinski definition) is 5. The van der Waals surface area contributed by atoms with Crippen molar-refractivity contribution >= 4 is 29.1 Å². The predicted molar refractivity (Wildman–Crippen MR) is 97.0 cm³/mol. The van der Waals surface area contributed by atoms with E-state index in [9.17, 15) is 9.59 Å². The Labute approximate surface area is 151 Å². The molecule has 25 heavy (non-hydrogen) atoms. The van der Waals surface area contributed by atoms with Crippen molar-refractivity contribution < 1.29 is 9.59 Å². The molecular formula is C18H24N4O2S. The van der Waals surface area contributed by atoms with Gasteiger partial charge in [0.15, 0.2) is 5.96 Å². The van der Waals surface area contributed by atoms with E-state index in [4.69, 9.17) is 10.7 Å². The molecule has 0 bridgehead atoms. The first kappa shape index (κ1) is 16.6. The van der Waals surface area contributed by atoms with Crippen LogP contribution in [0.4, 0.5) is 0 Å². The van der Waals surface area contributed by atoms with Crippen LogP contribution in [-0.4, -0.2) is 47.7 Å². The highest BCUT2D eigenvalue weighted by atomic mass is 32.1. The Hall–Kier alpha value is -1.89. The highest BCUT2D eigenvalue weighted by Gasteiger charge is 2.57. The van der Waals surface area contributed by atoms with E-state index in [0.717, 1.165) is 30.6 Å². The van der Waals surface area contributed by atoms with Crippen LogP contribution in [0.25, 0.3) is 0 Å². The lowest BCUT2D eigenvalue weighted by atomic mass is 9.84. The first-order valence-electron chi connectivity index (χ1n) is 8.98. The summed E-state index contributed by atoms with van der Waals surface area (Å²) in [4.78, 5) is 35.0. The van der Waals surface area contributed by atoms with Gasteiger partial charge < -0.3 is 10.6 Å². The number of fused-ring (bicyclic) bond motifs is 1. The minimum atomic E-state index is -0.716. The molecule has 1 saturated heterocycles. The van der Waals surface area contributed by atoms with Crippen molar-refractivity contribution in [2.75, 3.05) is 20.1 Å². The molecule has 0 spiro atoms. The smallest absolute Gasteiger partial charge is 0.236 e. The van der Waals surface area contributed by atoms with Crippen LogP contribution in [0.3, 0.4) is 0 Å². The number of nitrogens with zero attached hydrogens (tertiary/aromatic N) is 3. The zero-order valence-corrected chi connectivity index (χ0v) is 15.3. The van der Waals surface area contributed by atoms with Gasteiger partial charge in [0.05, 0.1) is 12.5 Å². The van der Waals surface area contributed by atoms with Crippen LogP contribution in [0.2, 0.25) is 0 Å². The number of nitrogens with two attached hydrogens (primary N) is 1. The summed E-state index contributed by atoms with van der Waals surface area (Å²) in [5, 5.41) is 1.99. The monoisotopic (exact) mass is 360 g/mol. The standard InChI is InChI=1S/C18H24N4O2S/c1-21-16(24)13-10-22(15(23)12-6-3-2-4-7-12)11-18(13,20-17(21)19)14-8-5-9-25-14/h5,8-9,12-13H,2-4,6-7,10-11H2,1H3,(H2,19,20). The van der Waals surface area contributed by atoms with Gasteiger partial charge >= 0.3 is 0 Å². The molecule has 1 aliphatic carbocycles. The molecule has 134 valence electrons. The number of rotatable bonds is 2. The molecule has 6 nitrogen and oxygen atoms in total. The Kier molecular flexibility index (Phi) is 4.06. The van der Waals surface area contributed by atoms with Gasteiger partial charge in [-0.05, 0) is 24.3 Å². The van der Waals surface area contributed by atoms with Gasteiger partial charge in [-0.1, -0.05) is 25.3 Å². The van der Waals surface area contributed by atoms with E-state index in [1.165, 1.54) is 11.3 Å².